The van der Waals surface area contributed by atoms with Crippen LogP contribution >= 0.6 is 0 Å². The van der Waals surface area contributed by atoms with Gasteiger partial charge in [0, 0.05) is 6.42 Å². The van der Waals surface area contributed by atoms with Crippen LogP contribution in [0.2, 0.25) is 0 Å². The van der Waals surface area contributed by atoms with E-state index in [1.165, 1.54) is 6.42 Å². The second kappa shape index (κ2) is 6.95. The molecule has 2 atom stereocenters. The van der Waals surface area contributed by atoms with Crippen molar-refractivity contribution in [3.8, 4) is 0 Å². The van der Waals surface area contributed by atoms with Gasteiger partial charge in [0.25, 0.3) is 0 Å². The summed E-state index contributed by atoms with van der Waals surface area (Å²) in [4.78, 5) is 12.9. The molecule has 0 radical (unpaired) electrons. The molecule has 1 aliphatic rings. The third-order valence-electron chi connectivity index (χ3n) is 4.76. The summed E-state index contributed by atoms with van der Waals surface area (Å²) >= 11 is 0. The molecule has 0 N–H and O–H groups in total. The first kappa shape index (κ1) is 17.2. The molecule has 3 nitrogen and oxygen atoms in total. The third kappa shape index (κ3) is 3.12. The number of hydrogen-bond donors (Lipinski definition) is 0. The van der Waals surface area contributed by atoms with Crippen LogP contribution in [0, 0.1) is 5.92 Å². The number of carbonyl (C=O) groups excluding carboxylic acids is 1. The minimum Gasteiger partial charge on any atom is -0.298 e. The van der Waals surface area contributed by atoms with Crippen LogP contribution in [-0.4, -0.2) is 18.9 Å². The zero-order chi connectivity index (χ0) is 16.2. The first-order valence-electron chi connectivity index (χ1n) is 8.29. The zero-order valence-electron chi connectivity index (χ0n) is 13.5. The predicted molar refractivity (Wildman–Crippen MR) is 88.5 cm³/mol. The summed E-state index contributed by atoms with van der Waals surface area (Å²) in [5.41, 5.74) is 0. The van der Waals surface area contributed by atoms with Crippen LogP contribution in [0.1, 0.15) is 58.8 Å². The van der Waals surface area contributed by atoms with Crippen LogP contribution in [0.4, 0.5) is 0 Å². The molecule has 0 spiro atoms. The number of unbranched alkanes of at least 4 members (excludes halogenated alkanes) is 4. The third-order valence-corrected chi connectivity index (χ3v) is 7.41. The Morgan fingerprint density at radius 3 is 2.27 bits per heavy atom. The topological polar surface area (TPSA) is 51.2 Å². The van der Waals surface area contributed by atoms with Gasteiger partial charge in [-0.1, -0.05) is 57.7 Å². The Labute approximate surface area is 134 Å². The van der Waals surface area contributed by atoms with Gasteiger partial charge in [0.15, 0.2) is 15.6 Å². The summed E-state index contributed by atoms with van der Waals surface area (Å²) in [5.74, 6) is -0.152. The van der Waals surface area contributed by atoms with E-state index in [2.05, 4.69) is 6.92 Å². The number of hydrogen-bond acceptors (Lipinski definition) is 3. The van der Waals surface area contributed by atoms with E-state index in [4.69, 9.17) is 0 Å². The molecule has 1 aromatic carbocycles. The smallest absolute Gasteiger partial charge is 0.191 e. The number of benzene rings is 1. The Bertz CT molecular complexity index is 606. The fraction of sp³-hybridized carbons (Fsp3) is 0.611. The highest BCUT2D eigenvalue weighted by molar-refractivity contribution is 7.94. The van der Waals surface area contributed by atoms with Gasteiger partial charge in [0.2, 0.25) is 0 Å². The molecule has 0 aromatic heterocycles. The summed E-state index contributed by atoms with van der Waals surface area (Å²) in [7, 11) is -3.57. The Morgan fingerprint density at radius 1 is 1.14 bits per heavy atom. The van der Waals surface area contributed by atoms with E-state index in [9.17, 15) is 13.2 Å². The highest BCUT2D eigenvalue weighted by Crippen LogP contribution is 2.53. The molecular weight excluding hydrogens is 296 g/mol. The van der Waals surface area contributed by atoms with Crippen molar-refractivity contribution in [1.29, 1.82) is 0 Å². The normalized spacial score (nSPS) is 24.2. The van der Waals surface area contributed by atoms with Crippen molar-refractivity contribution in [1.82, 2.24) is 0 Å². The van der Waals surface area contributed by atoms with E-state index in [1.54, 1.807) is 30.3 Å². The fourth-order valence-electron chi connectivity index (χ4n) is 3.22. The lowest BCUT2D eigenvalue weighted by Gasteiger charge is -2.16. The molecule has 0 amide bonds. The maximum absolute atomic E-state index is 12.9. The molecule has 122 valence electrons. The van der Waals surface area contributed by atoms with Crippen LogP contribution in [0.15, 0.2) is 35.2 Å². The lowest BCUT2D eigenvalue weighted by Crippen LogP contribution is -2.34. The number of Topliss-reactive ketones (excluding diaryl/α,β-unsaturated/α-hetero) is 1. The molecule has 1 saturated carbocycles. The number of carbonyl (C=O) groups is 1. The van der Waals surface area contributed by atoms with Crippen LogP contribution in [0.5, 0.6) is 0 Å². The van der Waals surface area contributed by atoms with Gasteiger partial charge in [-0.15, -0.1) is 0 Å². The lowest BCUT2D eigenvalue weighted by atomic mass is 10.1. The number of sulfone groups is 1. The summed E-state index contributed by atoms with van der Waals surface area (Å²) in [6.45, 7) is 4.02. The predicted octanol–water partition coefficient (Wildman–Crippen LogP) is 4.17. The van der Waals surface area contributed by atoms with Crippen molar-refractivity contribution in [2.45, 2.75) is 68.4 Å². The fourth-order valence-corrected chi connectivity index (χ4v) is 5.56. The average molecular weight is 322 g/mol. The molecule has 1 aliphatic carbocycles. The molecule has 0 saturated heterocycles. The minimum atomic E-state index is -3.57. The summed E-state index contributed by atoms with van der Waals surface area (Å²) in [5, 5.41) is 0. The largest absolute Gasteiger partial charge is 0.298 e. The summed E-state index contributed by atoms with van der Waals surface area (Å²) < 4.78 is 24.6. The Morgan fingerprint density at radius 2 is 1.73 bits per heavy atom. The van der Waals surface area contributed by atoms with Gasteiger partial charge in [-0.05, 0) is 30.9 Å². The van der Waals surface area contributed by atoms with E-state index in [-0.39, 0.29) is 16.6 Å². The maximum Gasteiger partial charge on any atom is 0.191 e. The van der Waals surface area contributed by atoms with Gasteiger partial charge in [0.1, 0.15) is 4.75 Å². The first-order valence-corrected chi connectivity index (χ1v) is 9.78. The maximum atomic E-state index is 12.9. The summed E-state index contributed by atoms with van der Waals surface area (Å²) in [6, 6.07) is 8.40. The van der Waals surface area contributed by atoms with Gasteiger partial charge in [-0.2, -0.15) is 0 Å². The van der Waals surface area contributed by atoms with Gasteiger partial charge in [-0.3, -0.25) is 4.79 Å². The van der Waals surface area contributed by atoms with Crippen LogP contribution in [0.25, 0.3) is 0 Å². The highest BCUT2D eigenvalue weighted by Gasteiger charge is 2.66. The Kier molecular flexibility index (Phi) is 5.43. The quantitative estimate of drug-likeness (QED) is 0.641. The number of ketones is 1. The highest BCUT2D eigenvalue weighted by atomic mass is 32.2. The monoisotopic (exact) mass is 322 g/mol. The van der Waals surface area contributed by atoms with Gasteiger partial charge in [-0.25, -0.2) is 8.42 Å². The molecule has 0 aliphatic heterocycles. The van der Waals surface area contributed by atoms with Crippen molar-refractivity contribution < 1.29 is 13.2 Å². The molecule has 0 heterocycles. The molecule has 22 heavy (non-hydrogen) atoms. The molecule has 1 fully saturated rings. The van der Waals surface area contributed by atoms with E-state index in [0.717, 1.165) is 25.7 Å². The number of rotatable bonds is 9. The molecule has 0 unspecified atom stereocenters. The van der Waals surface area contributed by atoms with Gasteiger partial charge >= 0.3 is 0 Å². The Hall–Kier alpha value is -1.16. The van der Waals surface area contributed by atoms with Gasteiger partial charge in [0.05, 0.1) is 4.90 Å². The summed E-state index contributed by atoms with van der Waals surface area (Å²) in [6.07, 6.45) is 6.14. The van der Waals surface area contributed by atoms with E-state index < -0.39 is 14.6 Å². The van der Waals surface area contributed by atoms with Crippen molar-refractivity contribution in [3.63, 3.8) is 0 Å². The molecule has 2 rings (SSSR count). The van der Waals surface area contributed by atoms with E-state index in [1.807, 2.05) is 6.92 Å². The van der Waals surface area contributed by atoms with Crippen molar-refractivity contribution in [2.75, 3.05) is 0 Å². The zero-order valence-corrected chi connectivity index (χ0v) is 14.4. The Balaban J connectivity index is 2.08. The van der Waals surface area contributed by atoms with Crippen molar-refractivity contribution >= 4 is 15.6 Å². The van der Waals surface area contributed by atoms with E-state index >= 15 is 0 Å². The van der Waals surface area contributed by atoms with Crippen LogP contribution in [0.3, 0.4) is 0 Å². The average Bonchev–Trinajstić information content (AvgIpc) is 3.21. The van der Waals surface area contributed by atoms with Crippen molar-refractivity contribution in [3.05, 3.63) is 30.3 Å². The molecule has 0 bridgehead atoms. The SMILES string of the molecule is CCCCCCCC(=O)[C@]1(S(=O)(=O)c2ccccc2)C[C@@H]1C. The van der Waals surface area contributed by atoms with Crippen LogP contribution in [-0.2, 0) is 14.6 Å². The molecule has 4 heteroatoms. The van der Waals surface area contributed by atoms with E-state index in [0.29, 0.717) is 12.8 Å². The second-order valence-electron chi connectivity index (χ2n) is 6.40. The lowest BCUT2D eigenvalue weighted by molar-refractivity contribution is -0.119. The van der Waals surface area contributed by atoms with Crippen molar-refractivity contribution in [2.24, 2.45) is 5.92 Å². The molecule has 1 aromatic rings. The van der Waals surface area contributed by atoms with Gasteiger partial charge < -0.3 is 0 Å². The molecular formula is C18H26O3S. The first-order chi connectivity index (χ1) is 10.5. The minimum absolute atomic E-state index is 0.0687. The van der Waals surface area contributed by atoms with Crippen LogP contribution < -0.4 is 0 Å². The second-order valence-corrected chi connectivity index (χ2v) is 8.61. The standard InChI is InChI=1S/C18H26O3S/c1-3-4-5-6-10-13-17(19)18(14-15(18)2)22(20,21)16-11-8-7-9-12-16/h7-9,11-12,15H,3-6,10,13-14H2,1-2H3/t15-,18-/m0/s1.